The Hall–Kier alpha value is -2.02. The van der Waals surface area contributed by atoms with Crippen molar-refractivity contribution in [1.29, 1.82) is 0 Å². The van der Waals surface area contributed by atoms with E-state index in [-0.39, 0.29) is 18.6 Å². The third-order valence-corrected chi connectivity index (χ3v) is 3.91. The fraction of sp³-hybridized carbons (Fsp3) is 0.357. The Balaban J connectivity index is 2.49. The Labute approximate surface area is 126 Å². The SMILES string of the molecule is Cc1ccccc1SCC(=O)N[C@@H](CCC(=O)O)C(=O)O. The van der Waals surface area contributed by atoms with Gasteiger partial charge in [-0.25, -0.2) is 4.79 Å². The smallest absolute Gasteiger partial charge is 0.326 e. The van der Waals surface area contributed by atoms with Crippen LogP contribution in [0.4, 0.5) is 0 Å². The van der Waals surface area contributed by atoms with Gasteiger partial charge in [-0.3, -0.25) is 9.59 Å². The van der Waals surface area contributed by atoms with Crippen molar-refractivity contribution in [2.45, 2.75) is 30.7 Å². The van der Waals surface area contributed by atoms with Crippen LogP contribution >= 0.6 is 11.8 Å². The fourth-order valence-electron chi connectivity index (χ4n) is 1.62. The number of aliphatic carboxylic acids is 2. The molecule has 1 aromatic rings. The Kier molecular flexibility index (Phi) is 6.74. The lowest BCUT2D eigenvalue weighted by atomic mass is 10.1. The van der Waals surface area contributed by atoms with E-state index in [0.717, 1.165) is 10.5 Å². The summed E-state index contributed by atoms with van der Waals surface area (Å²) in [6.45, 7) is 1.92. The Morgan fingerprint density at radius 1 is 1.24 bits per heavy atom. The van der Waals surface area contributed by atoms with E-state index in [4.69, 9.17) is 10.2 Å². The summed E-state index contributed by atoms with van der Waals surface area (Å²) in [5.74, 6) is -2.67. The highest BCUT2D eigenvalue weighted by Crippen LogP contribution is 2.21. The van der Waals surface area contributed by atoms with Gasteiger partial charge in [0.25, 0.3) is 0 Å². The standard InChI is InChI=1S/C14H17NO5S/c1-9-4-2-3-5-11(9)21-8-12(16)15-10(14(19)20)6-7-13(17)18/h2-5,10H,6-8H2,1H3,(H,15,16)(H,17,18)(H,19,20)/t10-/m0/s1. The van der Waals surface area contributed by atoms with Crippen molar-refractivity contribution < 1.29 is 24.6 Å². The van der Waals surface area contributed by atoms with Crippen molar-refractivity contribution >= 4 is 29.6 Å². The molecule has 21 heavy (non-hydrogen) atoms. The van der Waals surface area contributed by atoms with Crippen molar-refractivity contribution in [2.75, 3.05) is 5.75 Å². The molecule has 0 unspecified atom stereocenters. The third-order valence-electron chi connectivity index (χ3n) is 2.73. The van der Waals surface area contributed by atoms with Gasteiger partial charge in [-0.05, 0) is 25.0 Å². The summed E-state index contributed by atoms with van der Waals surface area (Å²) >= 11 is 1.31. The van der Waals surface area contributed by atoms with E-state index in [1.807, 2.05) is 31.2 Å². The van der Waals surface area contributed by atoms with E-state index in [1.54, 1.807) is 0 Å². The van der Waals surface area contributed by atoms with Crippen LogP contribution in [0.15, 0.2) is 29.2 Å². The van der Waals surface area contributed by atoms with Crippen LogP contribution in [0.2, 0.25) is 0 Å². The maximum atomic E-state index is 11.7. The minimum atomic E-state index is -1.23. The number of carboxylic acid groups (broad SMARTS) is 2. The predicted octanol–water partition coefficient (Wildman–Crippen LogP) is 1.52. The first-order valence-electron chi connectivity index (χ1n) is 6.32. The van der Waals surface area contributed by atoms with Gasteiger partial charge in [0, 0.05) is 11.3 Å². The summed E-state index contributed by atoms with van der Waals surface area (Å²) in [4.78, 5) is 34.1. The maximum Gasteiger partial charge on any atom is 0.326 e. The molecule has 0 fully saturated rings. The van der Waals surface area contributed by atoms with Gasteiger partial charge in [0.15, 0.2) is 0 Å². The molecule has 1 amide bonds. The van der Waals surface area contributed by atoms with E-state index in [2.05, 4.69) is 5.32 Å². The van der Waals surface area contributed by atoms with Crippen LogP contribution in [0.5, 0.6) is 0 Å². The average Bonchev–Trinajstić information content (AvgIpc) is 2.42. The first kappa shape index (κ1) is 17.0. The van der Waals surface area contributed by atoms with E-state index in [1.165, 1.54) is 11.8 Å². The molecule has 0 aliphatic rings. The monoisotopic (exact) mass is 311 g/mol. The second-order valence-corrected chi connectivity index (χ2v) is 5.46. The highest BCUT2D eigenvalue weighted by molar-refractivity contribution is 8.00. The number of hydrogen-bond acceptors (Lipinski definition) is 4. The van der Waals surface area contributed by atoms with E-state index >= 15 is 0 Å². The minimum absolute atomic E-state index is 0.0850. The van der Waals surface area contributed by atoms with Gasteiger partial charge < -0.3 is 15.5 Å². The molecule has 0 bridgehead atoms. The van der Waals surface area contributed by atoms with Crippen LogP contribution in [0.3, 0.4) is 0 Å². The molecule has 0 aliphatic carbocycles. The second kappa shape index (κ2) is 8.31. The zero-order valence-corrected chi connectivity index (χ0v) is 12.4. The van der Waals surface area contributed by atoms with Gasteiger partial charge >= 0.3 is 11.9 Å². The number of aryl methyl sites for hydroxylation is 1. The molecular weight excluding hydrogens is 294 g/mol. The molecule has 1 rings (SSSR count). The lowest BCUT2D eigenvalue weighted by Crippen LogP contribution is -2.41. The highest BCUT2D eigenvalue weighted by Gasteiger charge is 2.20. The van der Waals surface area contributed by atoms with Gasteiger partial charge in [0.1, 0.15) is 6.04 Å². The first-order valence-corrected chi connectivity index (χ1v) is 7.31. The molecule has 3 N–H and O–H groups in total. The Bertz CT molecular complexity index is 532. The van der Waals surface area contributed by atoms with Gasteiger partial charge in [-0.15, -0.1) is 11.8 Å². The van der Waals surface area contributed by atoms with Crippen molar-refractivity contribution in [3.63, 3.8) is 0 Å². The van der Waals surface area contributed by atoms with Crippen LogP contribution < -0.4 is 5.32 Å². The minimum Gasteiger partial charge on any atom is -0.481 e. The fourth-order valence-corrected chi connectivity index (χ4v) is 2.46. The molecule has 114 valence electrons. The number of nitrogens with one attached hydrogen (secondary N) is 1. The van der Waals surface area contributed by atoms with Gasteiger partial charge in [0.05, 0.1) is 5.75 Å². The summed E-state index contributed by atoms with van der Waals surface area (Å²) in [6.07, 6.45) is -0.437. The van der Waals surface area contributed by atoms with Gasteiger partial charge in [-0.2, -0.15) is 0 Å². The van der Waals surface area contributed by atoms with Crippen molar-refractivity contribution in [2.24, 2.45) is 0 Å². The zero-order chi connectivity index (χ0) is 15.8. The van der Waals surface area contributed by atoms with Crippen LogP contribution in [0.1, 0.15) is 18.4 Å². The number of thioether (sulfide) groups is 1. The van der Waals surface area contributed by atoms with E-state index in [0.29, 0.717) is 0 Å². The lowest BCUT2D eigenvalue weighted by molar-refractivity contribution is -0.142. The van der Waals surface area contributed by atoms with Crippen LogP contribution in [-0.4, -0.2) is 39.9 Å². The number of amides is 1. The largest absolute Gasteiger partial charge is 0.481 e. The summed E-state index contributed by atoms with van der Waals surface area (Å²) in [5, 5.41) is 19.8. The molecule has 0 heterocycles. The molecule has 1 aromatic carbocycles. The maximum absolute atomic E-state index is 11.7. The van der Waals surface area contributed by atoms with Crippen LogP contribution in [-0.2, 0) is 14.4 Å². The van der Waals surface area contributed by atoms with Crippen molar-refractivity contribution in [1.82, 2.24) is 5.32 Å². The predicted molar refractivity (Wildman–Crippen MR) is 78.3 cm³/mol. The molecule has 0 aliphatic heterocycles. The molecule has 6 nitrogen and oxygen atoms in total. The van der Waals surface area contributed by atoms with E-state index in [9.17, 15) is 14.4 Å². The number of carbonyl (C=O) groups is 3. The van der Waals surface area contributed by atoms with Crippen LogP contribution in [0.25, 0.3) is 0 Å². The van der Waals surface area contributed by atoms with Gasteiger partial charge in [-0.1, -0.05) is 18.2 Å². The number of hydrogen-bond donors (Lipinski definition) is 3. The Morgan fingerprint density at radius 2 is 1.90 bits per heavy atom. The molecule has 7 heteroatoms. The van der Waals surface area contributed by atoms with E-state index < -0.39 is 23.9 Å². The number of carbonyl (C=O) groups excluding carboxylic acids is 1. The summed E-state index contributed by atoms with van der Waals surface area (Å²) in [7, 11) is 0. The lowest BCUT2D eigenvalue weighted by Gasteiger charge is -2.13. The normalized spacial score (nSPS) is 11.7. The second-order valence-electron chi connectivity index (χ2n) is 4.44. The number of carboxylic acids is 2. The van der Waals surface area contributed by atoms with Gasteiger partial charge in [0.2, 0.25) is 5.91 Å². The number of benzene rings is 1. The van der Waals surface area contributed by atoms with Crippen LogP contribution in [0, 0.1) is 6.92 Å². The molecule has 1 atom stereocenters. The molecule has 0 saturated heterocycles. The summed E-state index contributed by atoms with van der Waals surface area (Å²) in [6, 6.07) is 6.39. The molecule has 0 spiro atoms. The first-order chi connectivity index (χ1) is 9.90. The quantitative estimate of drug-likeness (QED) is 0.629. The zero-order valence-electron chi connectivity index (χ0n) is 11.5. The average molecular weight is 311 g/mol. The topological polar surface area (TPSA) is 104 Å². The highest BCUT2D eigenvalue weighted by atomic mass is 32.2. The number of rotatable bonds is 8. The molecule has 0 saturated carbocycles. The Morgan fingerprint density at radius 3 is 2.48 bits per heavy atom. The summed E-state index contributed by atoms with van der Waals surface area (Å²) in [5.41, 5.74) is 1.04. The molecular formula is C14H17NO5S. The van der Waals surface area contributed by atoms with Crippen molar-refractivity contribution in [3.05, 3.63) is 29.8 Å². The summed E-state index contributed by atoms with van der Waals surface area (Å²) < 4.78 is 0. The molecule has 0 aromatic heterocycles. The van der Waals surface area contributed by atoms with Crippen molar-refractivity contribution in [3.8, 4) is 0 Å². The molecule has 0 radical (unpaired) electrons. The third kappa shape index (κ3) is 6.31.